The lowest BCUT2D eigenvalue weighted by Crippen LogP contribution is -2.11. The van der Waals surface area contributed by atoms with Crippen LogP contribution < -0.4 is 5.32 Å². The van der Waals surface area contributed by atoms with Gasteiger partial charge in [0, 0.05) is 12.7 Å². The van der Waals surface area contributed by atoms with Gasteiger partial charge in [-0.1, -0.05) is 37.3 Å². The number of rotatable bonds is 4. The summed E-state index contributed by atoms with van der Waals surface area (Å²) >= 11 is 0. The number of benzene rings is 1. The van der Waals surface area contributed by atoms with Crippen LogP contribution in [0.1, 0.15) is 24.1 Å². The first-order chi connectivity index (χ1) is 8.25. The zero-order valence-electron chi connectivity index (χ0n) is 10.2. The van der Waals surface area contributed by atoms with Gasteiger partial charge in [-0.2, -0.15) is 0 Å². The molecule has 2 aromatic rings. The fourth-order valence-electron chi connectivity index (χ4n) is 1.71. The third kappa shape index (κ3) is 3.28. The monoisotopic (exact) mass is 227 g/mol. The molecule has 1 aromatic carbocycles. The highest BCUT2D eigenvalue weighted by atomic mass is 15.0. The molecule has 0 radical (unpaired) electrons. The van der Waals surface area contributed by atoms with E-state index in [1.165, 1.54) is 5.56 Å². The SMILES string of the molecule is Cc1cncc(NCC(C)c2ccccc2)n1. The Hall–Kier alpha value is -1.90. The van der Waals surface area contributed by atoms with Gasteiger partial charge in [-0.15, -0.1) is 0 Å². The van der Waals surface area contributed by atoms with Gasteiger partial charge in [0.1, 0.15) is 5.82 Å². The summed E-state index contributed by atoms with van der Waals surface area (Å²) in [6.45, 7) is 5.01. The maximum absolute atomic E-state index is 4.37. The molecule has 0 saturated carbocycles. The Morgan fingerprint density at radius 1 is 1.18 bits per heavy atom. The minimum Gasteiger partial charge on any atom is -0.368 e. The van der Waals surface area contributed by atoms with Crippen molar-refractivity contribution in [3.63, 3.8) is 0 Å². The first-order valence-electron chi connectivity index (χ1n) is 5.83. The second kappa shape index (κ2) is 5.43. The molecule has 0 amide bonds. The average molecular weight is 227 g/mol. The molecule has 0 aliphatic carbocycles. The van der Waals surface area contributed by atoms with Crippen molar-refractivity contribution in [2.45, 2.75) is 19.8 Å². The Labute approximate surface area is 102 Å². The van der Waals surface area contributed by atoms with E-state index in [0.29, 0.717) is 5.92 Å². The van der Waals surface area contributed by atoms with Crippen LogP contribution in [-0.2, 0) is 0 Å². The minimum atomic E-state index is 0.457. The standard InChI is InChI=1S/C14H17N3/c1-11(13-6-4-3-5-7-13)8-16-14-10-15-9-12(2)17-14/h3-7,9-11H,8H2,1-2H3,(H,16,17). The van der Waals surface area contributed by atoms with Gasteiger partial charge in [0.2, 0.25) is 0 Å². The summed E-state index contributed by atoms with van der Waals surface area (Å²) in [7, 11) is 0. The summed E-state index contributed by atoms with van der Waals surface area (Å²) in [6, 6.07) is 10.5. The van der Waals surface area contributed by atoms with Gasteiger partial charge in [0.15, 0.2) is 0 Å². The Bertz CT molecular complexity index is 468. The van der Waals surface area contributed by atoms with Crippen LogP contribution in [-0.4, -0.2) is 16.5 Å². The van der Waals surface area contributed by atoms with Crippen LogP contribution in [0.3, 0.4) is 0 Å². The highest BCUT2D eigenvalue weighted by Crippen LogP contribution is 2.14. The Kier molecular flexibility index (Phi) is 3.70. The zero-order valence-corrected chi connectivity index (χ0v) is 10.2. The topological polar surface area (TPSA) is 37.8 Å². The smallest absolute Gasteiger partial charge is 0.144 e. The van der Waals surface area contributed by atoms with Crippen molar-refractivity contribution in [3.05, 3.63) is 54.0 Å². The lowest BCUT2D eigenvalue weighted by atomic mass is 10.0. The van der Waals surface area contributed by atoms with Gasteiger partial charge >= 0.3 is 0 Å². The van der Waals surface area contributed by atoms with Gasteiger partial charge in [-0.25, -0.2) is 4.98 Å². The van der Waals surface area contributed by atoms with Crippen molar-refractivity contribution < 1.29 is 0 Å². The number of hydrogen-bond acceptors (Lipinski definition) is 3. The van der Waals surface area contributed by atoms with Crippen molar-refractivity contribution in [3.8, 4) is 0 Å². The van der Waals surface area contributed by atoms with E-state index in [1.807, 2.05) is 13.0 Å². The predicted molar refractivity (Wildman–Crippen MR) is 70.1 cm³/mol. The molecule has 0 bridgehead atoms. The van der Waals surface area contributed by atoms with E-state index in [1.54, 1.807) is 12.4 Å². The van der Waals surface area contributed by atoms with Crippen LogP contribution in [0.5, 0.6) is 0 Å². The van der Waals surface area contributed by atoms with E-state index in [-0.39, 0.29) is 0 Å². The van der Waals surface area contributed by atoms with Crippen LogP contribution >= 0.6 is 0 Å². The maximum Gasteiger partial charge on any atom is 0.144 e. The summed E-state index contributed by atoms with van der Waals surface area (Å²) < 4.78 is 0. The normalized spacial score (nSPS) is 12.1. The van der Waals surface area contributed by atoms with Crippen LogP contribution in [0.4, 0.5) is 5.82 Å². The fourth-order valence-corrected chi connectivity index (χ4v) is 1.71. The Morgan fingerprint density at radius 3 is 2.65 bits per heavy atom. The molecule has 0 aliphatic heterocycles. The van der Waals surface area contributed by atoms with E-state index >= 15 is 0 Å². The van der Waals surface area contributed by atoms with Crippen LogP contribution in [0.25, 0.3) is 0 Å². The van der Waals surface area contributed by atoms with Gasteiger partial charge in [-0.3, -0.25) is 4.98 Å². The molecule has 17 heavy (non-hydrogen) atoms. The summed E-state index contributed by atoms with van der Waals surface area (Å²) in [5.41, 5.74) is 2.27. The molecule has 0 spiro atoms. The molecular weight excluding hydrogens is 210 g/mol. The van der Waals surface area contributed by atoms with E-state index in [4.69, 9.17) is 0 Å². The maximum atomic E-state index is 4.37. The first-order valence-corrected chi connectivity index (χ1v) is 5.83. The van der Waals surface area contributed by atoms with Crippen molar-refractivity contribution in [2.24, 2.45) is 0 Å². The molecule has 3 heteroatoms. The van der Waals surface area contributed by atoms with Crippen molar-refractivity contribution in [1.82, 2.24) is 9.97 Å². The first kappa shape index (κ1) is 11.6. The number of aromatic nitrogens is 2. The number of aryl methyl sites for hydroxylation is 1. The minimum absolute atomic E-state index is 0.457. The Morgan fingerprint density at radius 2 is 1.94 bits per heavy atom. The van der Waals surface area contributed by atoms with Gasteiger partial charge in [-0.05, 0) is 18.4 Å². The number of nitrogens with one attached hydrogen (secondary N) is 1. The summed E-state index contributed by atoms with van der Waals surface area (Å²) in [6.07, 6.45) is 3.51. The van der Waals surface area contributed by atoms with Crippen molar-refractivity contribution in [2.75, 3.05) is 11.9 Å². The van der Waals surface area contributed by atoms with Crippen molar-refractivity contribution in [1.29, 1.82) is 0 Å². The molecule has 88 valence electrons. The fraction of sp³-hybridized carbons (Fsp3) is 0.286. The second-order valence-corrected chi connectivity index (χ2v) is 4.24. The molecule has 0 saturated heterocycles. The van der Waals surface area contributed by atoms with Crippen LogP contribution in [0.15, 0.2) is 42.7 Å². The zero-order chi connectivity index (χ0) is 12.1. The molecule has 0 fully saturated rings. The second-order valence-electron chi connectivity index (χ2n) is 4.24. The van der Waals surface area contributed by atoms with E-state index < -0.39 is 0 Å². The lowest BCUT2D eigenvalue weighted by molar-refractivity contribution is 0.800. The summed E-state index contributed by atoms with van der Waals surface area (Å²) in [5.74, 6) is 1.30. The largest absolute Gasteiger partial charge is 0.368 e. The van der Waals surface area contributed by atoms with E-state index in [0.717, 1.165) is 18.1 Å². The average Bonchev–Trinajstić information content (AvgIpc) is 2.37. The number of hydrogen-bond donors (Lipinski definition) is 1. The molecule has 1 N–H and O–H groups in total. The highest BCUT2D eigenvalue weighted by Gasteiger charge is 2.04. The van der Waals surface area contributed by atoms with Gasteiger partial charge in [0.25, 0.3) is 0 Å². The third-order valence-corrected chi connectivity index (χ3v) is 2.71. The summed E-state index contributed by atoms with van der Waals surface area (Å²) in [4.78, 5) is 8.48. The van der Waals surface area contributed by atoms with Gasteiger partial charge < -0.3 is 5.32 Å². The molecule has 0 aliphatic rings. The molecule has 3 nitrogen and oxygen atoms in total. The molecule has 1 heterocycles. The van der Waals surface area contributed by atoms with E-state index in [2.05, 4.69) is 46.5 Å². The molecule has 1 aromatic heterocycles. The van der Waals surface area contributed by atoms with Crippen LogP contribution in [0, 0.1) is 6.92 Å². The molecular formula is C14H17N3. The van der Waals surface area contributed by atoms with Crippen LogP contribution in [0.2, 0.25) is 0 Å². The predicted octanol–water partition coefficient (Wildman–Crippen LogP) is 3.00. The lowest BCUT2D eigenvalue weighted by Gasteiger charge is -2.13. The Balaban J connectivity index is 1.95. The quantitative estimate of drug-likeness (QED) is 0.872. The molecule has 1 atom stereocenters. The third-order valence-electron chi connectivity index (χ3n) is 2.71. The highest BCUT2D eigenvalue weighted by molar-refractivity contribution is 5.32. The molecule has 2 rings (SSSR count). The van der Waals surface area contributed by atoms with Crippen molar-refractivity contribution >= 4 is 5.82 Å². The van der Waals surface area contributed by atoms with E-state index in [9.17, 15) is 0 Å². The molecule has 1 unspecified atom stereocenters. The summed E-state index contributed by atoms with van der Waals surface area (Å²) in [5, 5.41) is 3.31. The number of nitrogens with zero attached hydrogens (tertiary/aromatic N) is 2. The van der Waals surface area contributed by atoms with Gasteiger partial charge in [0.05, 0.1) is 11.9 Å². The number of anilines is 1.